The van der Waals surface area contributed by atoms with Gasteiger partial charge in [-0.3, -0.25) is 4.79 Å². The average molecular weight is 484 g/mol. The van der Waals surface area contributed by atoms with Crippen LogP contribution in [-0.4, -0.2) is 52.6 Å². The van der Waals surface area contributed by atoms with Crippen LogP contribution in [0.2, 0.25) is 0 Å². The van der Waals surface area contributed by atoms with Crippen molar-refractivity contribution in [1.82, 2.24) is 14.8 Å². The standard InChI is InChI=1S/C26H37N5O4/c1-17-18(2)31(20-11-6-7-12-20)24(21(17)15-27)29-23(32)16-35-25(33)22-13-8-14-30(22)26(34)28-19-9-4-3-5-10-19/h19-20,22H,3-14,16H2,1-2H3,(H,28,34)(H,29,32). The number of nitriles is 1. The van der Waals surface area contributed by atoms with E-state index in [1.54, 1.807) is 4.90 Å². The molecule has 35 heavy (non-hydrogen) atoms. The number of carbonyl (C=O) groups excluding carboxylic acids is 3. The van der Waals surface area contributed by atoms with Gasteiger partial charge in [-0.1, -0.05) is 32.1 Å². The van der Waals surface area contributed by atoms with Crippen LogP contribution in [0.4, 0.5) is 10.6 Å². The van der Waals surface area contributed by atoms with E-state index in [4.69, 9.17) is 4.74 Å². The summed E-state index contributed by atoms with van der Waals surface area (Å²) in [7, 11) is 0. The van der Waals surface area contributed by atoms with Crippen LogP contribution in [-0.2, 0) is 14.3 Å². The van der Waals surface area contributed by atoms with Gasteiger partial charge < -0.3 is 24.8 Å². The molecule has 2 saturated carbocycles. The zero-order valence-electron chi connectivity index (χ0n) is 20.9. The zero-order chi connectivity index (χ0) is 24.9. The number of anilines is 1. The molecule has 2 aliphatic carbocycles. The van der Waals surface area contributed by atoms with E-state index in [1.807, 2.05) is 13.8 Å². The van der Waals surface area contributed by atoms with Crippen molar-refractivity contribution in [2.24, 2.45) is 0 Å². The molecule has 0 spiro atoms. The van der Waals surface area contributed by atoms with E-state index in [9.17, 15) is 19.6 Å². The van der Waals surface area contributed by atoms with Crippen molar-refractivity contribution >= 4 is 23.7 Å². The van der Waals surface area contributed by atoms with E-state index in [0.29, 0.717) is 24.3 Å². The largest absolute Gasteiger partial charge is 0.454 e. The van der Waals surface area contributed by atoms with Crippen LogP contribution >= 0.6 is 0 Å². The van der Waals surface area contributed by atoms with Crippen LogP contribution in [0.15, 0.2) is 0 Å². The van der Waals surface area contributed by atoms with Crippen LogP contribution in [0.25, 0.3) is 0 Å². The Labute approximate surface area is 207 Å². The molecule has 1 aromatic rings. The minimum Gasteiger partial charge on any atom is -0.454 e. The maximum atomic E-state index is 12.8. The van der Waals surface area contributed by atoms with Crippen molar-refractivity contribution in [3.63, 3.8) is 0 Å². The molecule has 2 heterocycles. The van der Waals surface area contributed by atoms with E-state index in [2.05, 4.69) is 21.3 Å². The summed E-state index contributed by atoms with van der Waals surface area (Å²) in [6, 6.07) is 1.74. The molecule has 3 fully saturated rings. The third-order valence-electron chi connectivity index (χ3n) is 7.88. The summed E-state index contributed by atoms with van der Waals surface area (Å²) in [4.78, 5) is 39.9. The van der Waals surface area contributed by atoms with Crippen LogP contribution in [0.3, 0.4) is 0 Å². The fourth-order valence-corrected chi connectivity index (χ4v) is 5.87. The van der Waals surface area contributed by atoms with Gasteiger partial charge in [-0.25, -0.2) is 9.59 Å². The first kappa shape index (κ1) is 25.1. The zero-order valence-corrected chi connectivity index (χ0v) is 20.9. The lowest BCUT2D eigenvalue weighted by atomic mass is 9.96. The molecule has 4 rings (SSSR count). The molecule has 1 aliphatic heterocycles. The molecule has 190 valence electrons. The van der Waals surface area contributed by atoms with Crippen molar-refractivity contribution in [3.05, 3.63) is 16.8 Å². The van der Waals surface area contributed by atoms with Crippen molar-refractivity contribution in [2.45, 2.75) is 103 Å². The van der Waals surface area contributed by atoms with Gasteiger partial charge in [-0.15, -0.1) is 0 Å². The molecule has 3 aliphatic rings. The smallest absolute Gasteiger partial charge is 0.329 e. The Balaban J connectivity index is 1.35. The normalized spacial score (nSPS) is 21.1. The number of ether oxygens (including phenoxy) is 1. The first-order valence-corrected chi connectivity index (χ1v) is 13.1. The maximum absolute atomic E-state index is 12.8. The molecule has 1 atom stereocenters. The lowest BCUT2D eigenvalue weighted by Crippen LogP contribution is -2.50. The molecule has 1 aromatic heterocycles. The Bertz CT molecular complexity index is 998. The van der Waals surface area contributed by atoms with Crippen LogP contribution < -0.4 is 10.6 Å². The second-order valence-electron chi connectivity index (χ2n) is 10.1. The SMILES string of the molecule is Cc1c(C#N)c(NC(=O)COC(=O)C2CCCN2C(=O)NC2CCCCC2)n(C2CCCC2)c1C. The van der Waals surface area contributed by atoms with E-state index in [1.165, 1.54) is 6.42 Å². The summed E-state index contributed by atoms with van der Waals surface area (Å²) in [5.41, 5.74) is 2.29. The van der Waals surface area contributed by atoms with E-state index < -0.39 is 24.5 Å². The molecular formula is C26H37N5O4. The van der Waals surface area contributed by atoms with Crippen molar-refractivity contribution < 1.29 is 19.1 Å². The summed E-state index contributed by atoms with van der Waals surface area (Å²) >= 11 is 0. The Morgan fingerprint density at radius 3 is 2.37 bits per heavy atom. The number of hydrogen-bond acceptors (Lipinski definition) is 5. The summed E-state index contributed by atoms with van der Waals surface area (Å²) in [5.74, 6) is -0.553. The third kappa shape index (κ3) is 5.47. The van der Waals surface area contributed by atoms with Gasteiger partial charge >= 0.3 is 12.0 Å². The van der Waals surface area contributed by atoms with Gasteiger partial charge in [0.05, 0.1) is 5.56 Å². The minimum absolute atomic E-state index is 0.164. The quantitative estimate of drug-likeness (QED) is 0.592. The van der Waals surface area contributed by atoms with Crippen molar-refractivity contribution in [3.8, 4) is 6.07 Å². The summed E-state index contributed by atoms with van der Waals surface area (Å²) in [6.07, 6.45) is 10.9. The molecule has 9 nitrogen and oxygen atoms in total. The molecule has 0 bridgehead atoms. The third-order valence-corrected chi connectivity index (χ3v) is 7.88. The molecule has 1 saturated heterocycles. The number of urea groups is 1. The lowest BCUT2D eigenvalue weighted by molar-refractivity contribution is -0.151. The Morgan fingerprint density at radius 1 is 1.00 bits per heavy atom. The number of rotatable bonds is 6. The topological polar surface area (TPSA) is 116 Å². The Morgan fingerprint density at radius 2 is 1.69 bits per heavy atom. The van der Waals surface area contributed by atoms with E-state index >= 15 is 0 Å². The van der Waals surface area contributed by atoms with Gasteiger partial charge in [0.25, 0.3) is 5.91 Å². The van der Waals surface area contributed by atoms with Gasteiger partial charge in [-0.05, 0) is 57.9 Å². The second kappa shape index (κ2) is 11.1. The van der Waals surface area contributed by atoms with E-state index in [0.717, 1.165) is 69.0 Å². The second-order valence-corrected chi connectivity index (χ2v) is 10.1. The lowest BCUT2D eigenvalue weighted by Gasteiger charge is -2.28. The number of hydrogen-bond donors (Lipinski definition) is 2. The molecule has 0 radical (unpaired) electrons. The Kier molecular flexibility index (Phi) is 7.99. The number of aromatic nitrogens is 1. The van der Waals surface area contributed by atoms with Crippen molar-refractivity contribution in [2.75, 3.05) is 18.5 Å². The molecule has 0 aromatic carbocycles. The molecule has 2 N–H and O–H groups in total. The molecule has 3 amide bonds. The summed E-state index contributed by atoms with van der Waals surface area (Å²) in [6.45, 7) is 3.91. The summed E-state index contributed by atoms with van der Waals surface area (Å²) < 4.78 is 7.41. The van der Waals surface area contributed by atoms with Gasteiger partial charge in [0, 0.05) is 24.3 Å². The van der Waals surface area contributed by atoms with Gasteiger partial charge in [0.1, 0.15) is 17.9 Å². The monoisotopic (exact) mass is 483 g/mol. The first-order chi connectivity index (χ1) is 16.9. The number of carbonyl (C=O) groups is 3. The minimum atomic E-state index is -0.673. The first-order valence-electron chi connectivity index (χ1n) is 13.1. The van der Waals surface area contributed by atoms with Crippen molar-refractivity contribution in [1.29, 1.82) is 5.26 Å². The highest BCUT2D eigenvalue weighted by Crippen LogP contribution is 2.37. The number of nitrogens with one attached hydrogen (secondary N) is 2. The van der Waals surface area contributed by atoms with Crippen LogP contribution in [0.1, 0.15) is 93.5 Å². The average Bonchev–Trinajstić information content (AvgIpc) is 3.59. The highest BCUT2D eigenvalue weighted by molar-refractivity contribution is 5.94. The fourth-order valence-electron chi connectivity index (χ4n) is 5.87. The van der Waals surface area contributed by atoms with Gasteiger partial charge in [-0.2, -0.15) is 5.26 Å². The molecular weight excluding hydrogens is 446 g/mol. The predicted octanol–water partition coefficient (Wildman–Crippen LogP) is 4.08. The Hall–Kier alpha value is -3.02. The van der Waals surface area contributed by atoms with Gasteiger partial charge in [0.15, 0.2) is 6.61 Å². The number of nitrogens with zero attached hydrogens (tertiary/aromatic N) is 3. The predicted molar refractivity (Wildman–Crippen MR) is 131 cm³/mol. The van der Waals surface area contributed by atoms with E-state index in [-0.39, 0.29) is 18.1 Å². The van der Waals surface area contributed by atoms with Crippen LogP contribution in [0.5, 0.6) is 0 Å². The van der Waals surface area contributed by atoms with Gasteiger partial charge in [0.2, 0.25) is 0 Å². The highest BCUT2D eigenvalue weighted by atomic mass is 16.5. The molecule has 9 heteroatoms. The number of likely N-dealkylation sites (tertiary alicyclic amines) is 1. The van der Waals surface area contributed by atoms with Crippen LogP contribution in [0, 0.1) is 25.2 Å². The fraction of sp³-hybridized carbons (Fsp3) is 0.692. The highest BCUT2D eigenvalue weighted by Gasteiger charge is 2.36. The molecule has 1 unspecified atom stereocenters. The number of amides is 3. The maximum Gasteiger partial charge on any atom is 0.329 e. The number of esters is 1. The summed E-state index contributed by atoms with van der Waals surface area (Å²) in [5, 5.41) is 15.6.